The zero-order valence-corrected chi connectivity index (χ0v) is 12.1. The van der Waals surface area contributed by atoms with Gasteiger partial charge < -0.3 is 4.90 Å². The highest BCUT2D eigenvalue weighted by atomic mass is 16.1. The zero-order valence-electron chi connectivity index (χ0n) is 12.1. The zero-order chi connectivity index (χ0) is 13.7. The molecule has 2 rings (SSSR count). The second-order valence-electron chi connectivity index (χ2n) is 5.43. The first-order valence-electron chi connectivity index (χ1n) is 7.44. The minimum absolute atomic E-state index is 0.115. The number of hydrogen-bond donors (Lipinski definition) is 0. The number of carbonyl (C=O) groups excluding carboxylic acids is 1. The van der Waals surface area contributed by atoms with Crippen molar-refractivity contribution in [3.8, 4) is 0 Å². The van der Waals surface area contributed by atoms with E-state index in [1.165, 1.54) is 38.5 Å². The van der Waals surface area contributed by atoms with E-state index >= 15 is 0 Å². The standard InChI is InChI=1S/C16H24N2O/c1-3-16(19)15-11-10-14(12-17-15)18(2)13-8-6-4-5-7-9-13/h10-13H,3-9H2,1-2H3. The van der Waals surface area contributed by atoms with Crippen molar-refractivity contribution in [2.45, 2.75) is 57.9 Å². The maximum Gasteiger partial charge on any atom is 0.180 e. The monoisotopic (exact) mass is 260 g/mol. The van der Waals surface area contributed by atoms with Crippen LogP contribution < -0.4 is 4.90 Å². The number of pyridine rings is 1. The fourth-order valence-electron chi connectivity index (χ4n) is 2.80. The maximum absolute atomic E-state index is 11.6. The number of hydrogen-bond acceptors (Lipinski definition) is 3. The van der Waals surface area contributed by atoms with Crippen molar-refractivity contribution in [1.82, 2.24) is 4.98 Å². The normalized spacial score (nSPS) is 16.9. The van der Waals surface area contributed by atoms with Gasteiger partial charge in [-0.15, -0.1) is 0 Å². The predicted octanol–water partition coefficient (Wildman–Crippen LogP) is 3.83. The number of anilines is 1. The first-order valence-corrected chi connectivity index (χ1v) is 7.44. The van der Waals surface area contributed by atoms with E-state index in [0.717, 1.165) is 5.69 Å². The summed E-state index contributed by atoms with van der Waals surface area (Å²) >= 11 is 0. The summed E-state index contributed by atoms with van der Waals surface area (Å²) in [5, 5.41) is 0. The summed E-state index contributed by atoms with van der Waals surface area (Å²) in [5.41, 5.74) is 1.71. The molecule has 19 heavy (non-hydrogen) atoms. The Morgan fingerprint density at radius 1 is 1.26 bits per heavy atom. The number of nitrogens with zero attached hydrogens (tertiary/aromatic N) is 2. The van der Waals surface area contributed by atoms with Gasteiger partial charge in [-0.1, -0.05) is 32.6 Å². The molecule has 1 aromatic heterocycles. The highest BCUT2D eigenvalue weighted by Crippen LogP contribution is 2.25. The smallest absolute Gasteiger partial charge is 0.180 e. The molecule has 3 nitrogen and oxygen atoms in total. The number of rotatable bonds is 4. The molecule has 1 aromatic rings. The lowest BCUT2D eigenvalue weighted by molar-refractivity contribution is 0.0983. The molecule has 1 saturated carbocycles. The summed E-state index contributed by atoms with van der Waals surface area (Å²) in [7, 11) is 2.15. The van der Waals surface area contributed by atoms with Crippen LogP contribution >= 0.6 is 0 Å². The van der Waals surface area contributed by atoms with Gasteiger partial charge in [0.2, 0.25) is 0 Å². The summed E-state index contributed by atoms with van der Waals surface area (Å²) in [5.74, 6) is 0.115. The molecule has 0 aliphatic heterocycles. The van der Waals surface area contributed by atoms with Crippen molar-refractivity contribution in [3.63, 3.8) is 0 Å². The largest absolute Gasteiger partial charge is 0.370 e. The van der Waals surface area contributed by atoms with Gasteiger partial charge in [-0.25, -0.2) is 0 Å². The van der Waals surface area contributed by atoms with Crippen molar-refractivity contribution < 1.29 is 4.79 Å². The van der Waals surface area contributed by atoms with E-state index in [4.69, 9.17) is 0 Å². The van der Waals surface area contributed by atoms with Crippen LogP contribution in [0.5, 0.6) is 0 Å². The molecule has 0 spiro atoms. The van der Waals surface area contributed by atoms with Gasteiger partial charge in [0, 0.05) is 19.5 Å². The second-order valence-corrected chi connectivity index (χ2v) is 5.43. The summed E-state index contributed by atoms with van der Waals surface area (Å²) in [4.78, 5) is 18.2. The van der Waals surface area contributed by atoms with Gasteiger partial charge in [0.25, 0.3) is 0 Å². The molecule has 0 N–H and O–H groups in total. The molecule has 0 amide bonds. The summed E-state index contributed by atoms with van der Waals surface area (Å²) < 4.78 is 0. The van der Waals surface area contributed by atoms with Crippen LogP contribution in [-0.2, 0) is 0 Å². The average Bonchev–Trinajstić information content (AvgIpc) is 2.75. The number of ketones is 1. The molecule has 104 valence electrons. The Labute approximate surface area is 116 Å². The topological polar surface area (TPSA) is 33.2 Å². The Kier molecular flexibility index (Phi) is 4.94. The van der Waals surface area contributed by atoms with E-state index in [1.54, 1.807) is 0 Å². The third-order valence-corrected chi connectivity index (χ3v) is 4.13. The van der Waals surface area contributed by atoms with E-state index in [0.29, 0.717) is 18.2 Å². The Morgan fingerprint density at radius 2 is 1.95 bits per heavy atom. The third-order valence-electron chi connectivity index (χ3n) is 4.13. The third kappa shape index (κ3) is 3.55. The fourth-order valence-corrected chi connectivity index (χ4v) is 2.80. The lowest BCUT2D eigenvalue weighted by Crippen LogP contribution is -2.31. The van der Waals surface area contributed by atoms with Crippen LogP contribution in [0.1, 0.15) is 62.4 Å². The van der Waals surface area contributed by atoms with E-state index in [2.05, 4.69) is 16.9 Å². The molecule has 1 fully saturated rings. The number of carbonyl (C=O) groups is 1. The van der Waals surface area contributed by atoms with Gasteiger partial charge in [0.15, 0.2) is 5.78 Å². The van der Waals surface area contributed by atoms with Gasteiger partial charge in [-0.05, 0) is 25.0 Å². The van der Waals surface area contributed by atoms with Crippen LogP contribution in [0.15, 0.2) is 18.3 Å². The summed E-state index contributed by atoms with van der Waals surface area (Å²) in [6.45, 7) is 1.87. The molecule has 1 heterocycles. The van der Waals surface area contributed by atoms with E-state index in [1.807, 2.05) is 25.3 Å². The highest BCUT2D eigenvalue weighted by Gasteiger charge is 2.17. The lowest BCUT2D eigenvalue weighted by Gasteiger charge is -2.29. The molecule has 1 aliphatic carbocycles. The van der Waals surface area contributed by atoms with Crippen molar-refractivity contribution in [2.75, 3.05) is 11.9 Å². The number of Topliss-reactive ketones (excluding diaryl/α,β-unsaturated/α-hetero) is 1. The molecular weight excluding hydrogens is 236 g/mol. The van der Waals surface area contributed by atoms with Gasteiger partial charge in [0.05, 0.1) is 11.9 Å². The Balaban J connectivity index is 2.05. The second kappa shape index (κ2) is 6.69. The molecule has 0 saturated heterocycles. The van der Waals surface area contributed by atoms with Crippen LogP contribution in [0.2, 0.25) is 0 Å². The van der Waals surface area contributed by atoms with E-state index in [9.17, 15) is 4.79 Å². The molecule has 0 aromatic carbocycles. The summed E-state index contributed by atoms with van der Waals surface area (Å²) in [6.07, 6.45) is 10.3. The van der Waals surface area contributed by atoms with Gasteiger partial charge in [-0.2, -0.15) is 0 Å². The minimum atomic E-state index is 0.115. The molecule has 0 unspecified atom stereocenters. The first kappa shape index (κ1) is 14.0. The van der Waals surface area contributed by atoms with Crippen molar-refractivity contribution in [2.24, 2.45) is 0 Å². The van der Waals surface area contributed by atoms with Crippen molar-refractivity contribution >= 4 is 11.5 Å². The Bertz CT molecular complexity index is 405. The van der Waals surface area contributed by atoms with E-state index < -0.39 is 0 Å². The highest BCUT2D eigenvalue weighted by molar-refractivity contribution is 5.94. The number of aromatic nitrogens is 1. The SMILES string of the molecule is CCC(=O)c1ccc(N(C)C2CCCCCC2)cn1. The van der Waals surface area contributed by atoms with Crippen molar-refractivity contribution in [1.29, 1.82) is 0 Å². The molecule has 1 aliphatic rings. The first-order chi connectivity index (χ1) is 9.22. The van der Waals surface area contributed by atoms with Crippen LogP contribution in [-0.4, -0.2) is 23.9 Å². The predicted molar refractivity (Wildman–Crippen MR) is 78.8 cm³/mol. The Hall–Kier alpha value is -1.38. The van der Waals surface area contributed by atoms with Gasteiger partial charge >= 0.3 is 0 Å². The lowest BCUT2D eigenvalue weighted by atomic mass is 10.1. The van der Waals surface area contributed by atoms with E-state index in [-0.39, 0.29) is 5.78 Å². The minimum Gasteiger partial charge on any atom is -0.370 e. The molecule has 3 heteroatoms. The van der Waals surface area contributed by atoms with Crippen LogP contribution in [0.3, 0.4) is 0 Å². The fraction of sp³-hybridized carbons (Fsp3) is 0.625. The van der Waals surface area contributed by atoms with Crippen LogP contribution in [0, 0.1) is 0 Å². The Morgan fingerprint density at radius 3 is 2.47 bits per heavy atom. The maximum atomic E-state index is 11.6. The molecule has 0 radical (unpaired) electrons. The molecular formula is C16H24N2O. The summed E-state index contributed by atoms with van der Waals surface area (Å²) in [6, 6.07) is 4.51. The quantitative estimate of drug-likeness (QED) is 0.609. The van der Waals surface area contributed by atoms with Crippen LogP contribution in [0.25, 0.3) is 0 Å². The average molecular weight is 260 g/mol. The van der Waals surface area contributed by atoms with Gasteiger partial charge in [-0.3, -0.25) is 9.78 Å². The van der Waals surface area contributed by atoms with Crippen LogP contribution in [0.4, 0.5) is 5.69 Å². The molecule has 0 atom stereocenters. The van der Waals surface area contributed by atoms with Gasteiger partial charge in [0.1, 0.15) is 5.69 Å². The van der Waals surface area contributed by atoms with Crippen molar-refractivity contribution in [3.05, 3.63) is 24.0 Å². The molecule has 0 bridgehead atoms.